The molecular formula is C14H22O3. The molecule has 1 aliphatic carbocycles. The molecule has 0 radical (unpaired) electrons. The molecule has 2 atom stereocenters. The second kappa shape index (κ2) is 4.63. The van der Waals surface area contributed by atoms with Crippen molar-refractivity contribution in [3.63, 3.8) is 0 Å². The standard InChI is InChI=1S/C14H22O3/c1-10-6-7-14(9-15,11(2)8-10)12(16)17-13(3,4)5/h6,9,11H,7-8H2,1-5H3/t11-,14-/m0/s1. The van der Waals surface area contributed by atoms with Gasteiger partial charge in [-0.3, -0.25) is 4.79 Å². The van der Waals surface area contributed by atoms with E-state index >= 15 is 0 Å². The summed E-state index contributed by atoms with van der Waals surface area (Å²) in [5, 5.41) is 0. The van der Waals surface area contributed by atoms with Crippen LogP contribution in [-0.2, 0) is 14.3 Å². The summed E-state index contributed by atoms with van der Waals surface area (Å²) >= 11 is 0. The average Bonchev–Trinajstić information content (AvgIpc) is 2.15. The predicted octanol–water partition coefficient (Wildman–Crippen LogP) is 2.89. The Morgan fingerprint density at radius 3 is 2.53 bits per heavy atom. The Hall–Kier alpha value is -1.12. The quantitative estimate of drug-likeness (QED) is 0.321. The third kappa shape index (κ3) is 2.96. The van der Waals surface area contributed by atoms with Gasteiger partial charge in [0.15, 0.2) is 0 Å². The molecule has 0 aromatic carbocycles. The molecule has 1 aliphatic rings. The third-order valence-electron chi connectivity index (χ3n) is 3.29. The van der Waals surface area contributed by atoms with Gasteiger partial charge in [0.2, 0.25) is 0 Å². The Kier molecular flexibility index (Phi) is 3.80. The molecule has 0 bridgehead atoms. The van der Waals surface area contributed by atoms with Gasteiger partial charge in [-0.05, 0) is 46.5 Å². The molecule has 1 rings (SSSR count). The molecule has 0 aromatic heterocycles. The first-order chi connectivity index (χ1) is 7.71. The normalized spacial score (nSPS) is 29.5. The molecule has 0 aromatic rings. The van der Waals surface area contributed by atoms with Crippen LogP contribution in [0, 0.1) is 11.3 Å². The van der Waals surface area contributed by atoms with Crippen molar-refractivity contribution in [2.24, 2.45) is 11.3 Å². The van der Waals surface area contributed by atoms with Crippen molar-refractivity contribution in [1.29, 1.82) is 0 Å². The highest BCUT2D eigenvalue weighted by atomic mass is 16.6. The highest BCUT2D eigenvalue weighted by Gasteiger charge is 2.47. The molecule has 96 valence electrons. The number of aldehydes is 1. The molecule has 3 nitrogen and oxygen atoms in total. The van der Waals surface area contributed by atoms with E-state index in [0.29, 0.717) is 6.42 Å². The zero-order valence-corrected chi connectivity index (χ0v) is 11.4. The van der Waals surface area contributed by atoms with Crippen LogP contribution in [-0.4, -0.2) is 17.9 Å². The maximum absolute atomic E-state index is 12.2. The monoisotopic (exact) mass is 238 g/mol. The van der Waals surface area contributed by atoms with Crippen molar-refractivity contribution in [2.75, 3.05) is 0 Å². The highest BCUT2D eigenvalue weighted by Crippen LogP contribution is 2.40. The molecule has 0 heterocycles. The summed E-state index contributed by atoms with van der Waals surface area (Å²) in [4.78, 5) is 23.6. The van der Waals surface area contributed by atoms with E-state index in [1.54, 1.807) is 0 Å². The number of esters is 1. The Morgan fingerprint density at radius 1 is 1.53 bits per heavy atom. The molecule has 0 unspecified atom stereocenters. The summed E-state index contributed by atoms with van der Waals surface area (Å²) in [5.41, 5.74) is -0.311. The fraction of sp³-hybridized carbons (Fsp3) is 0.714. The lowest BCUT2D eigenvalue weighted by molar-refractivity contribution is -0.171. The zero-order chi connectivity index (χ0) is 13.3. The number of rotatable bonds is 2. The fourth-order valence-corrected chi connectivity index (χ4v) is 2.16. The van der Waals surface area contributed by atoms with E-state index in [-0.39, 0.29) is 5.92 Å². The van der Waals surface area contributed by atoms with Gasteiger partial charge in [0.25, 0.3) is 0 Å². The predicted molar refractivity (Wildman–Crippen MR) is 66.5 cm³/mol. The van der Waals surface area contributed by atoms with Crippen LogP contribution in [0.2, 0.25) is 0 Å². The molecule has 0 aliphatic heterocycles. The first-order valence-electron chi connectivity index (χ1n) is 6.07. The smallest absolute Gasteiger partial charge is 0.320 e. The number of hydrogen-bond acceptors (Lipinski definition) is 3. The van der Waals surface area contributed by atoms with Crippen LogP contribution in [0.3, 0.4) is 0 Å². The molecule has 0 saturated carbocycles. The molecule has 0 spiro atoms. The van der Waals surface area contributed by atoms with Gasteiger partial charge in [-0.1, -0.05) is 18.6 Å². The largest absolute Gasteiger partial charge is 0.459 e. The lowest BCUT2D eigenvalue weighted by Crippen LogP contribution is -2.44. The van der Waals surface area contributed by atoms with Crippen molar-refractivity contribution in [2.45, 2.75) is 53.1 Å². The first kappa shape index (κ1) is 13.9. The molecule has 17 heavy (non-hydrogen) atoms. The van der Waals surface area contributed by atoms with Gasteiger partial charge in [-0.25, -0.2) is 0 Å². The van der Waals surface area contributed by atoms with E-state index < -0.39 is 17.0 Å². The molecule has 0 amide bonds. The molecule has 0 N–H and O–H groups in total. The van der Waals surface area contributed by atoms with E-state index in [2.05, 4.69) is 0 Å². The lowest BCUT2D eigenvalue weighted by Gasteiger charge is -2.36. The van der Waals surface area contributed by atoms with Gasteiger partial charge < -0.3 is 9.53 Å². The SMILES string of the molecule is CC1=CC[C@@](C=O)(C(=O)OC(C)(C)C)[C@@H](C)C1. The van der Waals surface area contributed by atoms with E-state index in [9.17, 15) is 9.59 Å². The van der Waals surface area contributed by atoms with Crippen LogP contribution in [0.25, 0.3) is 0 Å². The first-order valence-corrected chi connectivity index (χ1v) is 6.07. The van der Waals surface area contributed by atoms with Gasteiger partial charge in [0, 0.05) is 0 Å². The van der Waals surface area contributed by atoms with Crippen LogP contribution < -0.4 is 0 Å². The van der Waals surface area contributed by atoms with Crippen LogP contribution in [0.5, 0.6) is 0 Å². The van der Waals surface area contributed by atoms with Crippen LogP contribution in [0.1, 0.15) is 47.5 Å². The minimum atomic E-state index is -0.993. The third-order valence-corrected chi connectivity index (χ3v) is 3.29. The Balaban J connectivity index is 2.97. The number of hydrogen-bond donors (Lipinski definition) is 0. The molecule has 0 fully saturated rings. The fourth-order valence-electron chi connectivity index (χ4n) is 2.16. The number of carbonyl (C=O) groups is 2. The van der Waals surface area contributed by atoms with E-state index in [1.807, 2.05) is 40.7 Å². The van der Waals surface area contributed by atoms with Crippen LogP contribution in [0.15, 0.2) is 11.6 Å². The maximum Gasteiger partial charge on any atom is 0.320 e. The Bertz CT molecular complexity index is 349. The summed E-state index contributed by atoms with van der Waals surface area (Å²) in [6.45, 7) is 9.42. The minimum Gasteiger partial charge on any atom is -0.459 e. The van der Waals surface area contributed by atoms with Crippen molar-refractivity contribution in [3.05, 3.63) is 11.6 Å². The zero-order valence-electron chi connectivity index (χ0n) is 11.4. The summed E-state index contributed by atoms with van der Waals surface area (Å²) in [7, 11) is 0. The van der Waals surface area contributed by atoms with Gasteiger partial charge >= 0.3 is 5.97 Å². The highest BCUT2D eigenvalue weighted by molar-refractivity contribution is 5.94. The summed E-state index contributed by atoms with van der Waals surface area (Å²) in [5.74, 6) is -0.393. The molecular weight excluding hydrogens is 216 g/mol. The number of carbonyl (C=O) groups excluding carboxylic acids is 2. The van der Waals surface area contributed by atoms with Crippen LogP contribution >= 0.6 is 0 Å². The second-order valence-corrected chi connectivity index (χ2v) is 6.02. The molecule has 0 saturated heterocycles. The van der Waals surface area contributed by atoms with Gasteiger partial charge in [0.1, 0.15) is 17.3 Å². The minimum absolute atomic E-state index is 0.000139. The van der Waals surface area contributed by atoms with E-state index in [1.165, 1.54) is 5.57 Å². The number of ether oxygens (including phenoxy) is 1. The average molecular weight is 238 g/mol. The Labute approximate surface area is 103 Å². The van der Waals surface area contributed by atoms with Gasteiger partial charge in [0.05, 0.1) is 0 Å². The van der Waals surface area contributed by atoms with Crippen molar-refractivity contribution >= 4 is 12.3 Å². The van der Waals surface area contributed by atoms with Gasteiger partial charge in [-0.2, -0.15) is 0 Å². The Morgan fingerprint density at radius 2 is 2.12 bits per heavy atom. The summed E-state index contributed by atoms with van der Waals surface area (Å²) in [6.07, 6.45) is 3.98. The summed E-state index contributed by atoms with van der Waals surface area (Å²) < 4.78 is 5.38. The maximum atomic E-state index is 12.2. The summed E-state index contributed by atoms with van der Waals surface area (Å²) in [6, 6.07) is 0. The lowest BCUT2D eigenvalue weighted by atomic mass is 9.68. The number of allylic oxidation sites excluding steroid dienone is 2. The molecule has 3 heteroatoms. The van der Waals surface area contributed by atoms with Crippen molar-refractivity contribution in [3.8, 4) is 0 Å². The topological polar surface area (TPSA) is 43.4 Å². The van der Waals surface area contributed by atoms with E-state index in [0.717, 1.165) is 12.7 Å². The van der Waals surface area contributed by atoms with E-state index in [4.69, 9.17) is 4.74 Å². The van der Waals surface area contributed by atoms with Crippen molar-refractivity contribution < 1.29 is 14.3 Å². The second-order valence-electron chi connectivity index (χ2n) is 6.02. The van der Waals surface area contributed by atoms with Gasteiger partial charge in [-0.15, -0.1) is 0 Å². The van der Waals surface area contributed by atoms with Crippen molar-refractivity contribution in [1.82, 2.24) is 0 Å². The van der Waals surface area contributed by atoms with Crippen LogP contribution in [0.4, 0.5) is 0 Å².